The van der Waals surface area contributed by atoms with Crippen molar-refractivity contribution in [2.24, 2.45) is 0 Å². The van der Waals surface area contributed by atoms with E-state index < -0.39 is 16.0 Å². The maximum absolute atomic E-state index is 12.9. The van der Waals surface area contributed by atoms with E-state index in [-0.39, 0.29) is 41.1 Å². The van der Waals surface area contributed by atoms with Crippen molar-refractivity contribution in [3.05, 3.63) is 41.5 Å². The highest BCUT2D eigenvalue weighted by Gasteiger charge is 2.32. The minimum Gasteiger partial charge on any atom is -0.452 e. The lowest BCUT2D eigenvalue weighted by atomic mass is 10.2. The number of rotatable bonds is 6. The van der Waals surface area contributed by atoms with Gasteiger partial charge in [-0.1, -0.05) is 19.0 Å². The van der Waals surface area contributed by atoms with Crippen LogP contribution in [0.5, 0.6) is 0 Å². The molecule has 0 saturated carbocycles. The molecule has 1 aromatic carbocycles. The van der Waals surface area contributed by atoms with Gasteiger partial charge in [0, 0.05) is 19.0 Å². The standard InChI is InChI=1S/C19H25N3O6S/c1-12(2)18-20-17(28-21-18)11-26-19(23)15-5-7-16(8-6-15)29(24,25)22-9-13(3)27-14(4)10-22/h5-8,12-14H,9-11H2,1-4H3/t13-,14-/m0/s1. The van der Waals surface area contributed by atoms with Crippen molar-refractivity contribution in [3.63, 3.8) is 0 Å². The van der Waals surface area contributed by atoms with Crippen LogP contribution < -0.4 is 0 Å². The highest BCUT2D eigenvalue weighted by Crippen LogP contribution is 2.22. The second kappa shape index (κ2) is 8.60. The van der Waals surface area contributed by atoms with Crippen molar-refractivity contribution in [2.45, 2.75) is 57.3 Å². The van der Waals surface area contributed by atoms with Crippen LogP contribution in [0.15, 0.2) is 33.7 Å². The highest BCUT2D eigenvalue weighted by atomic mass is 32.2. The number of nitrogens with zero attached hydrogens (tertiary/aromatic N) is 3. The Morgan fingerprint density at radius 1 is 1.21 bits per heavy atom. The first-order valence-electron chi connectivity index (χ1n) is 9.42. The van der Waals surface area contributed by atoms with Gasteiger partial charge in [0.05, 0.1) is 22.7 Å². The summed E-state index contributed by atoms with van der Waals surface area (Å²) in [6.45, 7) is 7.96. The largest absolute Gasteiger partial charge is 0.452 e. The van der Waals surface area contributed by atoms with Crippen molar-refractivity contribution in [1.82, 2.24) is 14.4 Å². The van der Waals surface area contributed by atoms with E-state index in [0.29, 0.717) is 18.9 Å². The topological polar surface area (TPSA) is 112 Å². The number of esters is 1. The third-order valence-corrected chi connectivity index (χ3v) is 6.29. The molecule has 0 N–H and O–H groups in total. The molecule has 0 amide bonds. The van der Waals surface area contributed by atoms with E-state index in [1.807, 2.05) is 27.7 Å². The summed E-state index contributed by atoms with van der Waals surface area (Å²) in [4.78, 5) is 16.5. The minimum absolute atomic E-state index is 0.107. The van der Waals surface area contributed by atoms with Gasteiger partial charge in [0.2, 0.25) is 10.0 Å². The maximum Gasteiger partial charge on any atom is 0.338 e. The summed E-state index contributed by atoms with van der Waals surface area (Å²) in [5.74, 6) is 0.246. The Hall–Kier alpha value is -2.30. The van der Waals surface area contributed by atoms with Gasteiger partial charge in [0.1, 0.15) is 0 Å². The average Bonchev–Trinajstić information content (AvgIpc) is 3.15. The van der Waals surface area contributed by atoms with Crippen molar-refractivity contribution < 1.29 is 27.2 Å². The van der Waals surface area contributed by atoms with E-state index in [9.17, 15) is 13.2 Å². The van der Waals surface area contributed by atoms with Crippen LogP contribution >= 0.6 is 0 Å². The summed E-state index contributed by atoms with van der Waals surface area (Å²) in [5, 5.41) is 3.80. The van der Waals surface area contributed by atoms with Gasteiger partial charge in [-0.15, -0.1) is 0 Å². The summed E-state index contributed by atoms with van der Waals surface area (Å²) in [7, 11) is -3.66. The summed E-state index contributed by atoms with van der Waals surface area (Å²) in [6.07, 6.45) is -0.354. The number of hydrogen-bond acceptors (Lipinski definition) is 8. The predicted octanol–water partition coefficient (Wildman–Crippen LogP) is 2.35. The number of aromatic nitrogens is 2. The van der Waals surface area contributed by atoms with Gasteiger partial charge in [-0.25, -0.2) is 13.2 Å². The van der Waals surface area contributed by atoms with Crippen LogP contribution in [0.25, 0.3) is 0 Å². The zero-order valence-corrected chi connectivity index (χ0v) is 17.7. The number of carbonyl (C=O) groups excluding carboxylic acids is 1. The first kappa shape index (κ1) is 21.4. The number of morpholine rings is 1. The molecule has 29 heavy (non-hydrogen) atoms. The molecule has 3 rings (SSSR count). The Labute approximate surface area is 170 Å². The lowest BCUT2D eigenvalue weighted by molar-refractivity contribution is -0.0440. The Bertz CT molecular complexity index is 945. The van der Waals surface area contributed by atoms with E-state index in [4.69, 9.17) is 14.0 Å². The van der Waals surface area contributed by atoms with Gasteiger partial charge in [0.25, 0.3) is 5.89 Å². The maximum atomic E-state index is 12.9. The molecule has 2 aromatic rings. The van der Waals surface area contributed by atoms with Crippen molar-refractivity contribution in [3.8, 4) is 0 Å². The molecule has 1 aromatic heterocycles. The molecule has 2 heterocycles. The van der Waals surface area contributed by atoms with Crippen LogP contribution in [0, 0.1) is 0 Å². The van der Waals surface area contributed by atoms with E-state index in [2.05, 4.69) is 10.1 Å². The number of ether oxygens (including phenoxy) is 2. The van der Waals surface area contributed by atoms with Crippen LogP contribution in [0.2, 0.25) is 0 Å². The monoisotopic (exact) mass is 423 g/mol. The van der Waals surface area contributed by atoms with Gasteiger partial charge < -0.3 is 14.0 Å². The normalized spacial score (nSPS) is 20.7. The van der Waals surface area contributed by atoms with E-state index >= 15 is 0 Å². The minimum atomic E-state index is -3.66. The van der Waals surface area contributed by atoms with Crippen LogP contribution in [-0.4, -0.2) is 54.1 Å². The fourth-order valence-corrected chi connectivity index (χ4v) is 4.60. The van der Waals surface area contributed by atoms with Crippen molar-refractivity contribution in [2.75, 3.05) is 13.1 Å². The van der Waals surface area contributed by atoms with E-state index in [1.54, 1.807) is 0 Å². The second-order valence-electron chi connectivity index (χ2n) is 7.38. The third-order valence-electron chi connectivity index (χ3n) is 4.44. The molecular weight excluding hydrogens is 398 g/mol. The van der Waals surface area contributed by atoms with Gasteiger partial charge in [-0.2, -0.15) is 9.29 Å². The molecule has 0 unspecified atom stereocenters. The Balaban J connectivity index is 1.64. The van der Waals surface area contributed by atoms with Gasteiger partial charge in [0.15, 0.2) is 12.4 Å². The molecule has 1 fully saturated rings. The first-order valence-corrected chi connectivity index (χ1v) is 10.9. The molecule has 2 atom stereocenters. The highest BCUT2D eigenvalue weighted by molar-refractivity contribution is 7.89. The SMILES string of the molecule is CC(C)c1noc(COC(=O)c2ccc(S(=O)(=O)N3C[C@H](C)O[C@@H](C)C3)cc2)n1. The van der Waals surface area contributed by atoms with Gasteiger partial charge in [-0.3, -0.25) is 0 Å². The molecule has 0 aliphatic carbocycles. The zero-order valence-electron chi connectivity index (χ0n) is 16.9. The quantitative estimate of drug-likeness (QED) is 0.651. The van der Waals surface area contributed by atoms with Gasteiger partial charge >= 0.3 is 5.97 Å². The first-order chi connectivity index (χ1) is 13.7. The average molecular weight is 423 g/mol. The smallest absolute Gasteiger partial charge is 0.338 e. The van der Waals surface area contributed by atoms with E-state index in [0.717, 1.165) is 0 Å². The fourth-order valence-electron chi connectivity index (χ4n) is 3.01. The third kappa shape index (κ3) is 5.01. The number of sulfonamides is 1. The Morgan fingerprint density at radius 3 is 2.38 bits per heavy atom. The summed E-state index contributed by atoms with van der Waals surface area (Å²) >= 11 is 0. The zero-order chi connectivity index (χ0) is 21.2. The van der Waals surface area contributed by atoms with Gasteiger partial charge in [-0.05, 0) is 38.1 Å². The summed E-state index contributed by atoms with van der Waals surface area (Å²) in [5.41, 5.74) is 0.233. The molecule has 0 radical (unpaired) electrons. The molecule has 1 aliphatic heterocycles. The molecule has 1 aliphatic rings. The second-order valence-corrected chi connectivity index (χ2v) is 9.32. The molecule has 0 spiro atoms. The molecule has 158 valence electrons. The fraction of sp³-hybridized carbons (Fsp3) is 0.526. The lowest BCUT2D eigenvalue weighted by Gasteiger charge is -2.34. The predicted molar refractivity (Wildman–Crippen MR) is 103 cm³/mol. The summed E-state index contributed by atoms with van der Waals surface area (Å²) < 4.78 is 42.9. The van der Waals surface area contributed by atoms with Crippen molar-refractivity contribution >= 4 is 16.0 Å². The Morgan fingerprint density at radius 2 is 1.83 bits per heavy atom. The Kier molecular flexibility index (Phi) is 6.35. The molecule has 10 heteroatoms. The molecule has 1 saturated heterocycles. The lowest BCUT2D eigenvalue weighted by Crippen LogP contribution is -2.48. The molecule has 9 nitrogen and oxygen atoms in total. The molecular formula is C19H25N3O6S. The number of benzene rings is 1. The molecule has 0 bridgehead atoms. The van der Waals surface area contributed by atoms with Crippen LogP contribution in [0.4, 0.5) is 0 Å². The van der Waals surface area contributed by atoms with Crippen LogP contribution in [-0.2, 0) is 26.1 Å². The van der Waals surface area contributed by atoms with Crippen LogP contribution in [0.3, 0.4) is 0 Å². The van der Waals surface area contributed by atoms with E-state index in [1.165, 1.54) is 28.6 Å². The number of hydrogen-bond donors (Lipinski definition) is 0. The number of carbonyl (C=O) groups is 1. The van der Waals surface area contributed by atoms with Crippen LogP contribution in [0.1, 0.15) is 55.7 Å². The van der Waals surface area contributed by atoms with Crippen molar-refractivity contribution in [1.29, 1.82) is 0 Å². The summed E-state index contributed by atoms with van der Waals surface area (Å²) in [6, 6.07) is 5.66.